The van der Waals surface area contributed by atoms with Gasteiger partial charge in [0.15, 0.2) is 8.40 Å². The molecule has 0 aliphatic heterocycles. The summed E-state index contributed by atoms with van der Waals surface area (Å²) in [6.45, 7) is 0. The van der Waals surface area contributed by atoms with Crippen molar-refractivity contribution >= 4 is 8.40 Å². The molecule has 0 aromatic carbocycles. The van der Waals surface area contributed by atoms with Crippen LogP contribution in [0.15, 0.2) is 0 Å². The van der Waals surface area contributed by atoms with Crippen LogP contribution in [-0.4, -0.2) is 44.4 Å². The Morgan fingerprint density at radius 1 is 0.452 bits per heavy atom. The SMILES string of the molecule is N[Si](N)(CCCCC(F)(F)C(F)(F)C(F)(F)F)CCCCC(F)(F)C(F)(F)C(F)(F)F. The Kier molecular flexibility index (Phi) is 9.31. The van der Waals surface area contributed by atoms with Crippen LogP contribution in [0.1, 0.15) is 38.5 Å². The van der Waals surface area contributed by atoms with Crippen LogP contribution in [0.25, 0.3) is 0 Å². The van der Waals surface area contributed by atoms with Crippen molar-refractivity contribution in [2.75, 3.05) is 0 Å². The smallest absolute Gasteiger partial charge is 0.339 e. The Morgan fingerprint density at radius 2 is 0.710 bits per heavy atom. The lowest BCUT2D eigenvalue weighted by Gasteiger charge is -2.29. The summed E-state index contributed by atoms with van der Waals surface area (Å²) in [7, 11) is -3.37. The highest BCUT2D eigenvalue weighted by atomic mass is 28.3. The molecule has 0 fully saturated rings. The van der Waals surface area contributed by atoms with Gasteiger partial charge in [0, 0.05) is 12.8 Å². The predicted molar refractivity (Wildman–Crippen MR) is 83.3 cm³/mol. The summed E-state index contributed by atoms with van der Waals surface area (Å²) in [4.78, 5) is 0. The molecule has 0 rings (SSSR count). The fraction of sp³-hybridized carbons (Fsp3) is 1.00. The topological polar surface area (TPSA) is 52.0 Å². The Balaban J connectivity index is 4.52. The second-order valence-corrected chi connectivity index (χ2v) is 10.7. The van der Waals surface area contributed by atoms with Crippen molar-refractivity contribution in [2.24, 2.45) is 10.8 Å². The first-order valence-corrected chi connectivity index (χ1v) is 11.2. The zero-order valence-corrected chi connectivity index (χ0v) is 16.6. The van der Waals surface area contributed by atoms with E-state index in [0.717, 1.165) is 0 Å². The number of nitrogens with two attached hydrogens (primary N) is 2. The van der Waals surface area contributed by atoms with Gasteiger partial charge in [-0.25, -0.2) is 0 Å². The number of hydrogen-bond acceptors (Lipinski definition) is 2. The van der Waals surface area contributed by atoms with Gasteiger partial charge in [-0.3, -0.25) is 0 Å². The van der Waals surface area contributed by atoms with E-state index in [-0.39, 0.29) is 12.1 Å². The molecule has 0 saturated heterocycles. The molecule has 0 aromatic heterocycles. The molecule has 0 atom stereocenters. The van der Waals surface area contributed by atoms with E-state index in [2.05, 4.69) is 0 Å². The highest BCUT2D eigenvalue weighted by molar-refractivity contribution is 6.73. The van der Waals surface area contributed by atoms with E-state index in [1.165, 1.54) is 0 Å². The lowest BCUT2D eigenvalue weighted by Crippen LogP contribution is -2.55. The summed E-state index contributed by atoms with van der Waals surface area (Å²) in [6, 6.07) is -0.619. The Labute approximate surface area is 168 Å². The van der Waals surface area contributed by atoms with E-state index in [9.17, 15) is 61.5 Å². The molecule has 0 spiro atoms. The Bertz CT molecular complexity index is 522. The standard InChI is InChI=1S/C14H20F14N2Si/c15-9(16,11(19,20)13(23,24)25)5-1-3-7-31(29,30)8-4-2-6-10(17,18)12(21,22)14(26,27)28/h1-8,29-30H2. The summed E-state index contributed by atoms with van der Waals surface area (Å²) >= 11 is 0. The fourth-order valence-electron chi connectivity index (χ4n) is 2.46. The van der Waals surface area contributed by atoms with Gasteiger partial charge in [0.25, 0.3) is 0 Å². The first-order chi connectivity index (χ1) is 13.4. The third-order valence-electron chi connectivity index (χ3n) is 4.40. The molecule has 0 aliphatic carbocycles. The van der Waals surface area contributed by atoms with Crippen LogP contribution in [0.2, 0.25) is 12.1 Å². The molecular formula is C14H20F14N2Si. The first-order valence-electron chi connectivity index (χ1n) is 8.64. The number of unbranched alkanes of at least 4 members (excludes halogenated alkanes) is 2. The average molecular weight is 510 g/mol. The molecule has 0 radical (unpaired) electrons. The molecule has 4 N–H and O–H groups in total. The highest BCUT2D eigenvalue weighted by Gasteiger charge is 2.73. The monoisotopic (exact) mass is 510 g/mol. The van der Waals surface area contributed by atoms with Crippen LogP contribution < -0.4 is 10.8 Å². The zero-order chi connectivity index (χ0) is 25.2. The van der Waals surface area contributed by atoms with Crippen molar-refractivity contribution in [3.8, 4) is 0 Å². The third-order valence-corrected chi connectivity index (χ3v) is 6.97. The number of rotatable bonds is 12. The minimum absolute atomic E-state index is 0.310. The number of halogens is 14. The van der Waals surface area contributed by atoms with Gasteiger partial charge in [-0.15, -0.1) is 0 Å². The van der Waals surface area contributed by atoms with Crippen LogP contribution in [0.5, 0.6) is 0 Å². The maximum atomic E-state index is 13.1. The average Bonchev–Trinajstić information content (AvgIpc) is 2.53. The first kappa shape index (κ1) is 30.2. The van der Waals surface area contributed by atoms with Gasteiger partial charge >= 0.3 is 36.0 Å². The van der Waals surface area contributed by atoms with E-state index >= 15 is 0 Å². The Hall–Kier alpha value is -0.843. The molecular weight excluding hydrogens is 490 g/mol. The van der Waals surface area contributed by atoms with Crippen molar-refractivity contribution in [3.63, 3.8) is 0 Å². The maximum absolute atomic E-state index is 13.1. The van der Waals surface area contributed by atoms with Gasteiger partial charge in [-0.2, -0.15) is 61.5 Å². The van der Waals surface area contributed by atoms with Crippen LogP contribution in [0.3, 0.4) is 0 Å². The summed E-state index contributed by atoms with van der Waals surface area (Å²) < 4.78 is 175. The van der Waals surface area contributed by atoms with Crippen molar-refractivity contribution in [1.29, 1.82) is 0 Å². The highest BCUT2D eigenvalue weighted by Crippen LogP contribution is 2.49. The van der Waals surface area contributed by atoms with E-state index < -0.39 is 83.0 Å². The lowest BCUT2D eigenvalue weighted by molar-refractivity contribution is -0.356. The van der Waals surface area contributed by atoms with E-state index in [4.69, 9.17) is 10.8 Å². The quantitative estimate of drug-likeness (QED) is 0.183. The third kappa shape index (κ3) is 7.61. The molecule has 2 nitrogen and oxygen atoms in total. The van der Waals surface area contributed by atoms with Crippen LogP contribution in [0, 0.1) is 0 Å². The molecule has 0 heterocycles. The van der Waals surface area contributed by atoms with Gasteiger partial charge < -0.3 is 10.8 Å². The van der Waals surface area contributed by atoms with Gasteiger partial charge in [-0.1, -0.05) is 12.8 Å². The van der Waals surface area contributed by atoms with E-state index in [1.807, 2.05) is 0 Å². The summed E-state index contributed by atoms with van der Waals surface area (Å²) in [5.74, 6) is -23.3. The molecule has 0 saturated carbocycles. The van der Waals surface area contributed by atoms with Crippen LogP contribution in [-0.2, 0) is 0 Å². The van der Waals surface area contributed by atoms with Crippen LogP contribution in [0.4, 0.5) is 61.5 Å². The molecule has 0 aromatic rings. The minimum atomic E-state index is -6.47. The summed E-state index contributed by atoms with van der Waals surface area (Å²) in [6.07, 6.45) is -19.1. The van der Waals surface area contributed by atoms with Gasteiger partial charge in [0.05, 0.1) is 0 Å². The van der Waals surface area contributed by atoms with E-state index in [1.54, 1.807) is 0 Å². The van der Waals surface area contributed by atoms with Crippen molar-refractivity contribution in [3.05, 3.63) is 0 Å². The van der Waals surface area contributed by atoms with Crippen LogP contribution >= 0.6 is 0 Å². The predicted octanol–water partition coefficient (Wildman–Crippen LogP) is 6.35. The van der Waals surface area contributed by atoms with Gasteiger partial charge in [0.2, 0.25) is 0 Å². The Morgan fingerprint density at radius 3 is 0.935 bits per heavy atom. The van der Waals surface area contributed by atoms with Crippen molar-refractivity contribution < 1.29 is 61.5 Å². The second kappa shape index (κ2) is 9.57. The second-order valence-electron chi connectivity index (χ2n) is 7.20. The molecule has 188 valence electrons. The maximum Gasteiger partial charge on any atom is 0.459 e. The molecule has 0 amide bonds. The van der Waals surface area contributed by atoms with Crippen molar-refractivity contribution in [1.82, 2.24) is 0 Å². The molecule has 17 heteroatoms. The van der Waals surface area contributed by atoms with E-state index in [0.29, 0.717) is 0 Å². The lowest BCUT2D eigenvalue weighted by atomic mass is 10.0. The number of hydrogen-bond donors (Lipinski definition) is 2. The molecule has 31 heavy (non-hydrogen) atoms. The summed E-state index contributed by atoms with van der Waals surface area (Å²) in [5, 5.41) is 11.2. The fourth-order valence-corrected chi connectivity index (χ4v) is 4.52. The minimum Gasteiger partial charge on any atom is -0.339 e. The summed E-state index contributed by atoms with van der Waals surface area (Å²) in [5.41, 5.74) is 0. The van der Waals surface area contributed by atoms with Gasteiger partial charge in [-0.05, 0) is 24.9 Å². The normalized spacial score (nSPS) is 15.5. The zero-order valence-electron chi connectivity index (χ0n) is 15.6. The largest absolute Gasteiger partial charge is 0.459 e. The van der Waals surface area contributed by atoms with Gasteiger partial charge in [0.1, 0.15) is 0 Å². The number of alkyl halides is 14. The van der Waals surface area contributed by atoms with Crippen molar-refractivity contribution in [2.45, 2.75) is 86.7 Å². The molecule has 0 aliphatic rings. The molecule has 0 bridgehead atoms. The molecule has 0 unspecified atom stereocenters.